The summed E-state index contributed by atoms with van der Waals surface area (Å²) in [5.41, 5.74) is 1.55. The molecule has 2 aromatic rings. The van der Waals surface area contributed by atoms with Crippen LogP contribution in [0.5, 0.6) is 0 Å². The predicted octanol–water partition coefficient (Wildman–Crippen LogP) is 2.74. The van der Waals surface area contributed by atoms with Gasteiger partial charge in [-0.3, -0.25) is 14.6 Å². The smallest absolute Gasteiger partial charge is 0.404 e. The summed E-state index contributed by atoms with van der Waals surface area (Å²) in [5.74, 6) is 1.26. The number of carbonyl (C=O) groups is 2. The van der Waals surface area contributed by atoms with Crippen molar-refractivity contribution in [1.29, 1.82) is 0 Å². The van der Waals surface area contributed by atoms with Crippen molar-refractivity contribution < 1.29 is 14.7 Å². The summed E-state index contributed by atoms with van der Waals surface area (Å²) < 4.78 is 1.70. The molecule has 170 valence electrons. The predicted molar refractivity (Wildman–Crippen MR) is 117 cm³/mol. The third-order valence-electron chi connectivity index (χ3n) is 5.91. The van der Waals surface area contributed by atoms with E-state index in [1.165, 1.54) is 0 Å². The van der Waals surface area contributed by atoms with E-state index in [1.54, 1.807) is 16.9 Å². The molecular formula is C21H33N7O3. The Hall–Kier alpha value is -2.88. The molecule has 2 aromatic heterocycles. The van der Waals surface area contributed by atoms with Gasteiger partial charge in [0.25, 0.3) is 5.91 Å². The molecule has 4 N–H and O–H groups in total. The van der Waals surface area contributed by atoms with Crippen molar-refractivity contribution in [3.8, 4) is 0 Å². The van der Waals surface area contributed by atoms with Crippen LogP contribution in [0.3, 0.4) is 0 Å². The van der Waals surface area contributed by atoms with Crippen LogP contribution < -0.4 is 10.6 Å². The standard InChI is InChI=1S/C21H33N7O3/c1-14(23-21(30)31)4-5-15-6-7-16(12-15)17-13-19(26-25-17)24-20(29)18-8-9-22-28(18)11-10-27(2)3/h8-9,13-16,23H,4-7,10-12H2,1-3H3,(H,30,31)(H2,24,25,26,29)/t14-,15?,16?/m0/s1. The van der Waals surface area contributed by atoms with E-state index in [2.05, 4.69) is 25.9 Å². The fourth-order valence-corrected chi connectivity index (χ4v) is 4.18. The third kappa shape index (κ3) is 6.55. The van der Waals surface area contributed by atoms with Gasteiger partial charge in [-0.1, -0.05) is 0 Å². The second-order valence-corrected chi connectivity index (χ2v) is 8.71. The van der Waals surface area contributed by atoms with Crippen molar-refractivity contribution >= 4 is 17.8 Å². The molecule has 1 fully saturated rings. The molecule has 0 aromatic carbocycles. The highest BCUT2D eigenvalue weighted by molar-refractivity contribution is 6.02. The van der Waals surface area contributed by atoms with Gasteiger partial charge in [-0.25, -0.2) is 4.79 Å². The molecule has 0 aliphatic heterocycles. The van der Waals surface area contributed by atoms with Crippen molar-refractivity contribution in [1.82, 2.24) is 30.2 Å². The first-order chi connectivity index (χ1) is 14.8. The minimum absolute atomic E-state index is 0.0308. The van der Waals surface area contributed by atoms with Crippen LogP contribution >= 0.6 is 0 Å². The monoisotopic (exact) mass is 431 g/mol. The molecule has 0 radical (unpaired) electrons. The Labute approximate surface area is 182 Å². The number of rotatable bonds is 10. The summed E-state index contributed by atoms with van der Waals surface area (Å²) in [4.78, 5) is 25.4. The Morgan fingerprint density at radius 1 is 1.39 bits per heavy atom. The molecule has 0 bridgehead atoms. The highest BCUT2D eigenvalue weighted by atomic mass is 16.4. The first-order valence-electron chi connectivity index (χ1n) is 10.8. The second kappa shape index (κ2) is 10.4. The minimum Gasteiger partial charge on any atom is -0.465 e. The number of hydrogen-bond donors (Lipinski definition) is 4. The van der Waals surface area contributed by atoms with Gasteiger partial charge < -0.3 is 20.6 Å². The van der Waals surface area contributed by atoms with E-state index in [1.807, 2.05) is 32.0 Å². The largest absolute Gasteiger partial charge is 0.465 e. The molecule has 3 rings (SSSR count). The molecule has 1 aliphatic carbocycles. The topological polar surface area (TPSA) is 128 Å². The van der Waals surface area contributed by atoms with Crippen molar-refractivity contribution in [2.24, 2.45) is 5.92 Å². The number of carboxylic acid groups (broad SMARTS) is 1. The van der Waals surface area contributed by atoms with Crippen LogP contribution in [0.1, 0.15) is 61.1 Å². The minimum atomic E-state index is -0.968. The van der Waals surface area contributed by atoms with Crippen LogP contribution in [0, 0.1) is 5.92 Å². The molecule has 2 amide bonds. The molecule has 31 heavy (non-hydrogen) atoms. The van der Waals surface area contributed by atoms with E-state index in [0.29, 0.717) is 29.9 Å². The molecular weight excluding hydrogens is 398 g/mol. The van der Waals surface area contributed by atoms with Gasteiger partial charge in [0.1, 0.15) is 5.69 Å². The zero-order chi connectivity index (χ0) is 22.4. The Morgan fingerprint density at radius 2 is 2.19 bits per heavy atom. The normalized spacial score (nSPS) is 19.5. The Balaban J connectivity index is 1.50. The number of carbonyl (C=O) groups excluding carboxylic acids is 1. The maximum atomic E-state index is 12.7. The van der Waals surface area contributed by atoms with Crippen molar-refractivity contribution in [3.63, 3.8) is 0 Å². The van der Waals surface area contributed by atoms with Crippen molar-refractivity contribution in [2.45, 2.75) is 57.5 Å². The van der Waals surface area contributed by atoms with Gasteiger partial charge in [0.15, 0.2) is 5.82 Å². The fourth-order valence-electron chi connectivity index (χ4n) is 4.18. The number of likely N-dealkylation sites (N-methyl/N-ethyl adjacent to an activating group) is 1. The molecule has 2 heterocycles. The molecule has 10 nitrogen and oxygen atoms in total. The number of nitrogens with one attached hydrogen (secondary N) is 3. The van der Waals surface area contributed by atoms with E-state index >= 15 is 0 Å². The number of nitrogens with zero attached hydrogens (tertiary/aromatic N) is 4. The summed E-state index contributed by atoms with van der Waals surface area (Å²) in [6.07, 6.45) is 5.75. The lowest BCUT2D eigenvalue weighted by atomic mass is 9.96. The van der Waals surface area contributed by atoms with Gasteiger partial charge in [-0.2, -0.15) is 10.2 Å². The first-order valence-corrected chi connectivity index (χ1v) is 10.8. The number of aromatic amines is 1. The van der Waals surface area contributed by atoms with Crippen molar-refractivity contribution in [3.05, 3.63) is 29.7 Å². The SMILES string of the molecule is C[C@@H](CCC1CCC(c2cc(NC(=O)c3ccnn3CCN(C)C)n[nH]2)C1)NC(=O)O. The fraction of sp³-hybridized carbons (Fsp3) is 0.619. The third-order valence-corrected chi connectivity index (χ3v) is 5.91. The lowest BCUT2D eigenvalue weighted by Gasteiger charge is -2.14. The van der Waals surface area contributed by atoms with Crippen LogP contribution in [-0.4, -0.2) is 68.7 Å². The second-order valence-electron chi connectivity index (χ2n) is 8.71. The van der Waals surface area contributed by atoms with Crippen LogP contribution in [0.15, 0.2) is 18.3 Å². The number of H-pyrrole nitrogens is 1. The molecule has 10 heteroatoms. The van der Waals surface area contributed by atoms with Crippen LogP contribution in [0.2, 0.25) is 0 Å². The number of amides is 2. The van der Waals surface area contributed by atoms with Gasteiger partial charge >= 0.3 is 6.09 Å². The summed E-state index contributed by atoms with van der Waals surface area (Å²) in [6.45, 7) is 3.33. The van der Waals surface area contributed by atoms with Gasteiger partial charge in [-0.15, -0.1) is 0 Å². The van der Waals surface area contributed by atoms with Gasteiger partial charge in [0.2, 0.25) is 0 Å². The summed E-state index contributed by atoms with van der Waals surface area (Å²) in [6, 6.07) is 3.59. The Kier molecular flexibility index (Phi) is 7.67. The van der Waals surface area contributed by atoms with Gasteiger partial charge in [0, 0.05) is 36.5 Å². The van der Waals surface area contributed by atoms with Gasteiger partial charge in [0.05, 0.1) is 6.54 Å². The maximum absolute atomic E-state index is 12.7. The van der Waals surface area contributed by atoms with E-state index in [4.69, 9.17) is 5.11 Å². The average Bonchev–Trinajstić information content (AvgIpc) is 3.44. The quantitative estimate of drug-likeness (QED) is 0.458. The number of anilines is 1. The molecule has 0 saturated heterocycles. The first kappa shape index (κ1) is 22.8. The molecule has 0 spiro atoms. The molecule has 2 unspecified atom stereocenters. The Morgan fingerprint density at radius 3 is 2.94 bits per heavy atom. The lowest BCUT2D eigenvalue weighted by Crippen LogP contribution is -2.31. The average molecular weight is 432 g/mol. The van der Waals surface area contributed by atoms with E-state index in [-0.39, 0.29) is 11.9 Å². The molecule has 1 saturated carbocycles. The van der Waals surface area contributed by atoms with Gasteiger partial charge in [-0.05, 0) is 65.1 Å². The zero-order valence-electron chi connectivity index (χ0n) is 18.5. The van der Waals surface area contributed by atoms with E-state index in [9.17, 15) is 9.59 Å². The number of hydrogen-bond acceptors (Lipinski definition) is 5. The molecule has 1 aliphatic rings. The lowest BCUT2D eigenvalue weighted by molar-refractivity contribution is 0.101. The Bertz CT molecular complexity index is 876. The molecule has 3 atom stereocenters. The van der Waals surface area contributed by atoms with Crippen LogP contribution in [0.4, 0.5) is 10.6 Å². The summed E-state index contributed by atoms with van der Waals surface area (Å²) >= 11 is 0. The van der Waals surface area contributed by atoms with E-state index < -0.39 is 6.09 Å². The van der Waals surface area contributed by atoms with Crippen LogP contribution in [-0.2, 0) is 6.54 Å². The van der Waals surface area contributed by atoms with Crippen LogP contribution in [0.25, 0.3) is 0 Å². The number of aromatic nitrogens is 4. The van der Waals surface area contributed by atoms with Crippen molar-refractivity contribution in [2.75, 3.05) is 26.0 Å². The summed E-state index contributed by atoms with van der Waals surface area (Å²) in [7, 11) is 3.96. The zero-order valence-corrected chi connectivity index (χ0v) is 18.5. The van der Waals surface area contributed by atoms with E-state index in [0.717, 1.165) is 44.3 Å². The highest BCUT2D eigenvalue weighted by Gasteiger charge is 2.27. The highest BCUT2D eigenvalue weighted by Crippen LogP contribution is 2.40. The summed E-state index contributed by atoms with van der Waals surface area (Å²) in [5, 5.41) is 25.8. The maximum Gasteiger partial charge on any atom is 0.404 e.